The average Bonchev–Trinajstić information content (AvgIpc) is 1.73. The predicted octanol–water partition coefficient (Wildman–Crippen LogP) is 1.28. The van der Waals surface area contributed by atoms with Crippen molar-refractivity contribution in [3.63, 3.8) is 0 Å². The van der Waals surface area contributed by atoms with Crippen LogP contribution >= 0.6 is 0 Å². The molecule has 1 rings (SSSR count). The molecule has 10 heavy (non-hydrogen) atoms. The molecule has 0 amide bonds. The minimum atomic E-state index is -1.79. The van der Waals surface area contributed by atoms with Gasteiger partial charge in [-0.1, -0.05) is 0 Å². The summed E-state index contributed by atoms with van der Waals surface area (Å²) in [4.78, 5) is 0. The molecular weight excluding hydrogens is 318 g/mol. The van der Waals surface area contributed by atoms with Crippen molar-refractivity contribution in [3.8, 4) is 0 Å². The molecule has 58 valence electrons. The van der Waals surface area contributed by atoms with Crippen LogP contribution in [0.2, 0.25) is 4.48 Å². The van der Waals surface area contributed by atoms with Gasteiger partial charge in [0.25, 0.3) is 0 Å². The van der Waals surface area contributed by atoms with Crippen LogP contribution in [0.25, 0.3) is 0 Å². The Kier molecular flexibility index (Phi) is 2.16. The molecule has 0 saturated carbocycles. The third kappa shape index (κ3) is 1.38. The Morgan fingerprint density at radius 2 is 1.70 bits per heavy atom. The molecule has 2 nitrogen and oxygen atoms in total. The Hall–Kier alpha value is 0.842. The van der Waals surface area contributed by atoms with Crippen LogP contribution in [0.5, 0.6) is 0 Å². The van der Waals surface area contributed by atoms with Gasteiger partial charge in [-0.3, -0.25) is 0 Å². The molecule has 1 fully saturated rings. The Balaban J connectivity index is 2.78. The van der Waals surface area contributed by atoms with Gasteiger partial charge in [0.05, 0.1) is 0 Å². The third-order valence-corrected chi connectivity index (χ3v) is 10.6. The van der Waals surface area contributed by atoms with Gasteiger partial charge in [-0.2, -0.15) is 0 Å². The molecule has 0 aromatic carbocycles. The topological polar surface area (TPSA) is 21.3 Å². The van der Waals surface area contributed by atoms with Crippen molar-refractivity contribution >= 4 is 23.5 Å². The van der Waals surface area contributed by atoms with Gasteiger partial charge in [-0.15, -0.1) is 0 Å². The van der Waals surface area contributed by atoms with Crippen LogP contribution < -0.4 is 3.13 Å². The van der Waals surface area contributed by atoms with Crippen molar-refractivity contribution in [1.29, 1.82) is 0 Å². The van der Waals surface area contributed by atoms with E-state index in [4.69, 9.17) is 2.69 Å². The zero-order valence-corrected chi connectivity index (χ0v) is 12.0. The normalized spacial score (nSPS) is 29.1. The van der Waals surface area contributed by atoms with Crippen molar-refractivity contribution in [2.45, 2.75) is 43.3 Å². The van der Waals surface area contributed by atoms with Crippen molar-refractivity contribution in [3.05, 3.63) is 0 Å². The molecule has 1 aliphatic heterocycles. The fraction of sp³-hybridized carbons (Fsp3) is 1.00. The maximum absolute atomic E-state index is 5.88. The fourth-order valence-electron chi connectivity index (χ4n) is 1.30. The monoisotopic (exact) mass is 335 g/mol. The Bertz CT molecular complexity index is 129. The van der Waals surface area contributed by atoms with E-state index in [9.17, 15) is 0 Å². The zero-order chi connectivity index (χ0) is 7.99. The molecule has 0 aliphatic carbocycles. The molecule has 0 bridgehead atoms. The second-order valence-corrected chi connectivity index (χ2v) is 11.1. The Morgan fingerprint density at radius 3 is 1.80 bits per heavy atom. The Morgan fingerprint density at radius 1 is 1.20 bits per heavy atom. The standard InChI is InChI=1S/C6H13NO.CH3.Tl/c1-5(2,7)6(3,4)8;;/h7H,1-4H3;1H3;/q-2;;+2. The van der Waals surface area contributed by atoms with Crippen LogP contribution in [0, 0.1) is 0 Å². The minimum absolute atomic E-state index is 0.0496. The van der Waals surface area contributed by atoms with Gasteiger partial charge in [0.15, 0.2) is 0 Å². The SMILES string of the molecule is [CH3][Tl]1[NH]C(C)(C)C(C)(C)[O]1. The first-order valence-corrected chi connectivity index (χ1v) is 12.4. The van der Waals surface area contributed by atoms with Gasteiger partial charge in [0, 0.05) is 0 Å². The van der Waals surface area contributed by atoms with Gasteiger partial charge < -0.3 is 0 Å². The van der Waals surface area contributed by atoms with E-state index in [-0.39, 0.29) is 11.1 Å². The molecule has 1 aliphatic rings. The summed E-state index contributed by atoms with van der Waals surface area (Å²) in [6.45, 7) is 8.78. The molecule has 0 aromatic rings. The molecule has 1 saturated heterocycles. The van der Waals surface area contributed by atoms with Gasteiger partial charge >= 0.3 is 72.6 Å². The summed E-state index contributed by atoms with van der Waals surface area (Å²) < 4.78 is 11.7. The first kappa shape index (κ1) is 8.93. The van der Waals surface area contributed by atoms with Gasteiger partial charge in [0.1, 0.15) is 0 Å². The van der Waals surface area contributed by atoms with E-state index < -0.39 is 23.5 Å². The number of hydrogen-bond donors (Lipinski definition) is 1. The molecule has 1 heterocycles. The number of rotatable bonds is 0. The van der Waals surface area contributed by atoms with Gasteiger partial charge in [0.2, 0.25) is 0 Å². The third-order valence-electron chi connectivity index (χ3n) is 2.54. The fourth-order valence-corrected chi connectivity index (χ4v) is 11.4. The van der Waals surface area contributed by atoms with E-state index in [2.05, 4.69) is 35.3 Å². The molecule has 3 heteroatoms. The van der Waals surface area contributed by atoms with Crippen molar-refractivity contribution in [2.75, 3.05) is 0 Å². The summed E-state index contributed by atoms with van der Waals surface area (Å²) in [7, 11) is 0. The summed E-state index contributed by atoms with van der Waals surface area (Å²) in [5, 5.41) is 0. The van der Waals surface area contributed by atoms with Crippen LogP contribution in [0.3, 0.4) is 0 Å². The molecule has 0 radical (unpaired) electrons. The van der Waals surface area contributed by atoms with Crippen LogP contribution in [0.1, 0.15) is 27.7 Å². The van der Waals surface area contributed by atoms with Gasteiger partial charge in [-0.05, 0) is 0 Å². The van der Waals surface area contributed by atoms with E-state index in [0.29, 0.717) is 0 Å². The number of hydrogen-bond acceptors (Lipinski definition) is 2. The number of nitrogens with one attached hydrogen (secondary N) is 1. The van der Waals surface area contributed by atoms with Crippen molar-refractivity contribution in [2.24, 2.45) is 0 Å². The van der Waals surface area contributed by atoms with Crippen molar-refractivity contribution < 1.29 is 2.69 Å². The average molecular weight is 335 g/mol. The molecule has 0 atom stereocenters. The molecule has 0 aromatic heterocycles. The van der Waals surface area contributed by atoms with E-state index in [1.54, 1.807) is 0 Å². The second-order valence-electron chi connectivity index (χ2n) is 4.04. The second kappa shape index (κ2) is 2.42. The molecule has 0 unspecified atom stereocenters. The van der Waals surface area contributed by atoms with E-state index in [1.165, 1.54) is 0 Å². The summed E-state index contributed by atoms with van der Waals surface area (Å²) >= 11 is -1.79. The van der Waals surface area contributed by atoms with Crippen LogP contribution in [-0.4, -0.2) is 34.6 Å². The molecular formula is C7H16NOTl. The summed E-state index contributed by atoms with van der Waals surface area (Å²) in [5.41, 5.74) is 0.238. The van der Waals surface area contributed by atoms with Crippen LogP contribution in [0.4, 0.5) is 0 Å². The van der Waals surface area contributed by atoms with Crippen molar-refractivity contribution in [1.82, 2.24) is 3.13 Å². The zero-order valence-electron chi connectivity index (χ0n) is 7.49. The summed E-state index contributed by atoms with van der Waals surface area (Å²) in [5.74, 6) is 0. The molecule has 1 N–H and O–H groups in total. The van der Waals surface area contributed by atoms with Crippen LogP contribution in [0.15, 0.2) is 0 Å². The maximum atomic E-state index is 5.88. The quantitative estimate of drug-likeness (QED) is 0.674. The Labute approximate surface area is 72.5 Å². The first-order valence-electron chi connectivity index (χ1n) is 3.81. The van der Waals surface area contributed by atoms with E-state index in [0.717, 1.165) is 0 Å². The first-order chi connectivity index (χ1) is 4.35. The van der Waals surface area contributed by atoms with Gasteiger partial charge in [-0.25, -0.2) is 0 Å². The van der Waals surface area contributed by atoms with Crippen LogP contribution in [-0.2, 0) is 2.69 Å². The molecule has 0 spiro atoms. The van der Waals surface area contributed by atoms with E-state index in [1.807, 2.05) is 0 Å². The summed E-state index contributed by atoms with van der Waals surface area (Å²) in [6.07, 6.45) is 0. The summed E-state index contributed by atoms with van der Waals surface area (Å²) in [6, 6.07) is 0. The predicted molar refractivity (Wildman–Crippen MR) is 44.0 cm³/mol. The van der Waals surface area contributed by atoms with E-state index >= 15 is 0 Å².